The molecule has 0 bridgehead atoms. The summed E-state index contributed by atoms with van der Waals surface area (Å²) in [5.74, 6) is 2.20. The predicted octanol–water partition coefficient (Wildman–Crippen LogP) is 1.20. The molecular formula is C19H23N5O2. The molecule has 0 saturated carbocycles. The van der Waals surface area contributed by atoms with Crippen LogP contribution in [0.5, 0.6) is 5.75 Å². The second kappa shape index (κ2) is 5.72. The van der Waals surface area contributed by atoms with Crippen molar-refractivity contribution in [3.63, 3.8) is 0 Å². The Labute approximate surface area is 152 Å². The maximum Gasteiger partial charge on any atom is 0.226 e. The molecule has 0 N–H and O–H groups in total. The van der Waals surface area contributed by atoms with E-state index in [0.717, 1.165) is 57.1 Å². The van der Waals surface area contributed by atoms with E-state index in [0.29, 0.717) is 11.3 Å². The zero-order chi connectivity index (χ0) is 17.7. The van der Waals surface area contributed by atoms with Gasteiger partial charge in [-0.25, -0.2) is 4.98 Å². The summed E-state index contributed by atoms with van der Waals surface area (Å²) in [6, 6.07) is 8.20. The van der Waals surface area contributed by atoms with Crippen LogP contribution in [0.2, 0.25) is 0 Å². The van der Waals surface area contributed by atoms with Crippen LogP contribution in [-0.2, 0) is 17.8 Å². The van der Waals surface area contributed by atoms with Crippen molar-refractivity contribution < 1.29 is 9.53 Å². The van der Waals surface area contributed by atoms with Crippen molar-refractivity contribution in [3.8, 4) is 5.75 Å². The first-order valence-corrected chi connectivity index (χ1v) is 9.20. The summed E-state index contributed by atoms with van der Waals surface area (Å²) in [4.78, 5) is 21.5. The first-order chi connectivity index (χ1) is 12.7. The number of fused-ring (bicyclic) bond motifs is 1. The molecule has 26 heavy (non-hydrogen) atoms. The van der Waals surface area contributed by atoms with Crippen LogP contribution in [0.15, 0.2) is 30.6 Å². The number of carbonyl (C=O) groups excluding carboxylic acids is 1. The quantitative estimate of drug-likeness (QED) is 0.830. The molecule has 0 radical (unpaired) electrons. The maximum absolute atomic E-state index is 12.8. The number of hydrogen-bond acceptors (Lipinski definition) is 5. The monoisotopic (exact) mass is 353 g/mol. The van der Waals surface area contributed by atoms with Crippen LogP contribution < -0.4 is 9.64 Å². The lowest BCUT2D eigenvalue weighted by Crippen LogP contribution is -2.73. The molecule has 1 aromatic carbocycles. The molecule has 2 saturated heterocycles. The highest BCUT2D eigenvalue weighted by molar-refractivity contribution is 5.80. The number of rotatable bonds is 3. The van der Waals surface area contributed by atoms with Gasteiger partial charge in [-0.2, -0.15) is 5.10 Å². The number of amides is 1. The summed E-state index contributed by atoms with van der Waals surface area (Å²) in [5, 5.41) is 4.19. The number of nitrogens with zero attached hydrogens (tertiary/aromatic N) is 5. The Morgan fingerprint density at radius 1 is 1.19 bits per heavy atom. The minimum absolute atomic E-state index is 0.0711. The second-order valence-electron chi connectivity index (χ2n) is 7.84. The van der Waals surface area contributed by atoms with E-state index in [1.807, 2.05) is 21.7 Å². The summed E-state index contributed by atoms with van der Waals surface area (Å²) in [7, 11) is 1.68. The van der Waals surface area contributed by atoms with Crippen molar-refractivity contribution in [3.05, 3.63) is 36.4 Å². The smallest absolute Gasteiger partial charge is 0.226 e. The van der Waals surface area contributed by atoms with Crippen LogP contribution in [0.25, 0.3) is 0 Å². The number of methoxy groups -OCH3 is 1. The molecule has 2 fully saturated rings. The largest absolute Gasteiger partial charge is 0.497 e. The van der Waals surface area contributed by atoms with Crippen LogP contribution in [0, 0.1) is 11.3 Å². The SMILES string of the molecule is COc1ccc(N2CC3(CN(C(=O)C4CCn5ncnc5C4)C3)C2)cc1. The highest BCUT2D eigenvalue weighted by atomic mass is 16.5. The summed E-state index contributed by atoms with van der Waals surface area (Å²) < 4.78 is 7.13. The van der Waals surface area contributed by atoms with Gasteiger partial charge in [-0.1, -0.05) is 0 Å². The molecular weight excluding hydrogens is 330 g/mol. The molecule has 2 aromatic rings. The number of benzene rings is 1. The Kier molecular flexibility index (Phi) is 3.45. The third-order valence-electron chi connectivity index (χ3n) is 6.02. The molecule has 3 aliphatic heterocycles. The first-order valence-electron chi connectivity index (χ1n) is 9.20. The third-order valence-corrected chi connectivity index (χ3v) is 6.02. The Bertz CT molecular complexity index is 817. The van der Waals surface area contributed by atoms with E-state index in [9.17, 15) is 4.79 Å². The number of aromatic nitrogens is 3. The lowest BCUT2D eigenvalue weighted by atomic mass is 9.72. The molecule has 1 amide bonds. The maximum atomic E-state index is 12.8. The Hall–Kier alpha value is -2.57. The molecule has 4 heterocycles. The fourth-order valence-electron chi connectivity index (χ4n) is 4.56. The highest BCUT2D eigenvalue weighted by Gasteiger charge is 2.53. The topological polar surface area (TPSA) is 63.5 Å². The van der Waals surface area contributed by atoms with Crippen LogP contribution in [-0.4, -0.2) is 58.9 Å². The van der Waals surface area contributed by atoms with Gasteiger partial charge in [-0.05, 0) is 30.7 Å². The van der Waals surface area contributed by atoms with Gasteiger partial charge in [0.2, 0.25) is 5.91 Å². The summed E-state index contributed by atoms with van der Waals surface area (Å²) in [6.45, 7) is 4.64. The van der Waals surface area contributed by atoms with E-state index in [4.69, 9.17) is 4.74 Å². The Morgan fingerprint density at radius 3 is 2.69 bits per heavy atom. The Balaban J connectivity index is 1.15. The van der Waals surface area contributed by atoms with E-state index in [2.05, 4.69) is 27.1 Å². The highest BCUT2D eigenvalue weighted by Crippen LogP contribution is 2.43. The Morgan fingerprint density at radius 2 is 1.96 bits per heavy atom. The molecule has 1 unspecified atom stereocenters. The van der Waals surface area contributed by atoms with Crippen molar-refractivity contribution in [1.29, 1.82) is 0 Å². The molecule has 5 rings (SSSR count). The molecule has 1 aromatic heterocycles. The molecule has 136 valence electrons. The number of carbonyl (C=O) groups is 1. The number of anilines is 1. The zero-order valence-electron chi connectivity index (χ0n) is 15.0. The average Bonchev–Trinajstić information content (AvgIpc) is 3.07. The minimum Gasteiger partial charge on any atom is -0.497 e. The van der Waals surface area contributed by atoms with Gasteiger partial charge in [0, 0.05) is 56.2 Å². The number of aryl methyl sites for hydroxylation is 1. The van der Waals surface area contributed by atoms with Crippen LogP contribution in [0.3, 0.4) is 0 Å². The fourth-order valence-corrected chi connectivity index (χ4v) is 4.56. The standard InChI is InChI=1S/C19H23N5O2/c1-26-16-4-2-15(3-5-16)22-9-19(10-22)11-23(12-19)18(25)14-6-7-24-17(8-14)20-13-21-24/h2-5,13-14H,6-12H2,1H3. The number of ether oxygens (including phenoxy) is 1. The van der Waals surface area contributed by atoms with Crippen molar-refractivity contribution in [1.82, 2.24) is 19.7 Å². The summed E-state index contributed by atoms with van der Waals surface area (Å²) in [5.41, 5.74) is 1.53. The van der Waals surface area contributed by atoms with E-state index in [-0.39, 0.29) is 5.92 Å². The molecule has 7 heteroatoms. The predicted molar refractivity (Wildman–Crippen MR) is 96.1 cm³/mol. The van der Waals surface area contributed by atoms with E-state index in [1.54, 1.807) is 13.4 Å². The van der Waals surface area contributed by atoms with Crippen LogP contribution in [0.4, 0.5) is 5.69 Å². The van der Waals surface area contributed by atoms with Gasteiger partial charge < -0.3 is 14.5 Å². The lowest BCUT2D eigenvalue weighted by molar-refractivity contribution is -0.150. The van der Waals surface area contributed by atoms with E-state index in [1.165, 1.54) is 5.69 Å². The number of hydrogen-bond donors (Lipinski definition) is 0. The second-order valence-corrected chi connectivity index (χ2v) is 7.84. The molecule has 1 spiro atoms. The molecule has 0 aliphatic carbocycles. The van der Waals surface area contributed by atoms with Crippen molar-refractivity contribution in [2.45, 2.75) is 19.4 Å². The van der Waals surface area contributed by atoms with Crippen molar-refractivity contribution in [2.24, 2.45) is 11.3 Å². The van der Waals surface area contributed by atoms with Gasteiger partial charge in [-0.3, -0.25) is 9.48 Å². The normalized spacial score (nSPS) is 23.2. The van der Waals surface area contributed by atoms with Gasteiger partial charge in [0.05, 0.1) is 7.11 Å². The van der Waals surface area contributed by atoms with Gasteiger partial charge >= 0.3 is 0 Å². The summed E-state index contributed by atoms with van der Waals surface area (Å²) >= 11 is 0. The van der Waals surface area contributed by atoms with Gasteiger partial charge in [-0.15, -0.1) is 0 Å². The first kappa shape index (κ1) is 15.7. The average molecular weight is 353 g/mol. The molecule has 7 nitrogen and oxygen atoms in total. The lowest BCUT2D eigenvalue weighted by Gasteiger charge is -2.61. The summed E-state index contributed by atoms with van der Waals surface area (Å²) in [6.07, 6.45) is 3.18. The molecule has 1 atom stereocenters. The zero-order valence-corrected chi connectivity index (χ0v) is 15.0. The molecule has 3 aliphatic rings. The van der Waals surface area contributed by atoms with E-state index >= 15 is 0 Å². The van der Waals surface area contributed by atoms with Crippen molar-refractivity contribution >= 4 is 11.6 Å². The van der Waals surface area contributed by atoms with Gasteiger partial charge in [0.25, 0.3) is 0 Å². The van der Waals surface area contributed by atoms with Gasteiger partial charge in [0.1, 0.15) is 17.9 Å². The van der Waals surface area contributed by atoms with E-state index < -0.39 is 0 Å². The fraction of sp³-hybridized carbons (Fsp3) is 0.526. The van der Waals surface area contributed by atoms with Gasteiger partial charge in [0.15, 0.2) is 0 Å². The minimum atomic E-state index is 0.0711. The third kappa shape index (κ3) is 2.45. The number of likely N-dealkylation sites (tertiary alicyclic amines) is 1. The van der Waals surface area contributed by atoms with Crippen LogP contribution >= 0.6 is 0 Å². The van der Waals surface area contributed by atoms with Crippen molar-refractivity contribution in [2.75, 3.05) is 38.2 Å². The van der Waals surface area contributed by atoms with Crippen LogP contribution in [0.1, 0.15) is 12.2 Å².